The van der Waals surface area contributed by atoms with Crippen molar-refractivity contribution in [3.05, 3.63) is 33.5 Å². The molecule has 0 aliphatic rings. The minimum Gasteiger partial charge on any atom is -0.477 e. The number of carbonyl (C=O) groups is 1. The van der Waals surface area contributed by atoms with Crippen LogP contribution < -0.4 is 0 Å². The van der Waals surface area contributed by atoms with Gasteiger partial charge in [0.15, 0.2) is 0 Å². The predicted octanol–water partition coefficient (Wildman–Crippen LogP) is 3.20. The topological polar surface area (TPSA) is 50.2 Å². The van der Waals surface area contributed by atoms with Gasteiger partial charge in [-0.2, -0.15) is 0 Å². The maximum Gasteiger partial charge on any atom is 0.346 e. The molecule has 3 nitrogen and oxygen atoms in total. The highest BCUT2D eigenvalue weighted by molar-refractivity contribution is 8.00. The molecule has 0 spiro atoms. The first-order chi connectivity index (χ1) is 7.27. The van der Waals surface area contributed by atoms with Crippen LogP contribution >= 0.6 is 34.4 Å². The van der Waals surface area contributed by atoms with Gasteiger partial charge in [0.05, 0.1) is 0 Å². The lowest BCUT2D eigenvalue weighted by Crippen LogP contribution is -1.95. The lowest BCUT2D eigenvalue weighted by molar-refractivity contribution is 0.0701. The second kappa shape index (κ2) is 4.78. The maximum absolute atomic E-state index is 10.8. The Bertz CT molecular complexity index is 450. The van der Waals surface area contributed by atoms with Crippen LogP contribution in [0.3, 0.4) is 0 Å². The third-order valence-electron chi connectivity index (χ3n) is 1.70. The Morgan fingerprint density at radius 3 is 3.00 bits per heavy atom. The van der Waals surface area contributed by atoms with Gasteiger partial charge in [0, 0.05) is 17.3 Å². The molecule has 15 heavy (non-hydrogen) atoms. The third-order valence-corrected chi connectivity index (χ3v) is 4.66. The minimum absolute atomic E-state index is 0.430. The summed E-state index contributed by atoms with van der Waals surface area (Å²) in [5, 5.41) is 12.6. The van der Waals surface area contributed by atoms with E-state index in [1.807, 2.05) is 11.4 Å². The van der Waals surface area contributed by atoms with Crippen molar-refractivity contribution in [2.75, 3.05) is 0 Å². The van der Waals surface area contributed by atoms with E-state index in [0.29, 0.717) is 10.6 Å². The summed E-state index contributed by atoms with van der Waals surface area (Å²) in [6.07, 6.45) is 1.75. The smallest absolute Gasteiger partial charge is 0.346 e. The molecule has 2 rings (SSSR count). The molecule has 2 aromatic heterocycles. The van der Waals surface area contributed by atoms with Gasteiger partial charge in [-0.25, -0.2) is 9.78 Å². The number of rotatable bonds is 4. The zero-order valence-electron chi connectivity index (χ0n) is 7.54. The molecule has 2 heterocycles. The lowest BCUT2D eigenvalue weighted by Gasteiger charge is -1.97. The second-order valence-corrected chi connectivity index (χ2v) is 5.70. The zero-order chi connectivity index (χ0) is 10.7. The van der Waals surface area contributed by atoms with E-state index < -0.39 is 5.97 Å². The van der Waals surface area contributed by atoms with Crippen molar-refractivity contribution >= 4 is 40.4 Å². The van der Waals surface area contributed by atoms with Crippen LogP contribution in [-0.2, 0) is 5.75 Å². The highest BCUT2D eigenvalue weighted by Crippen LogP contribution is 2.28. The molecule has 0 unspecified atom stereocenters. The van der Waals surface area contributed by atoms with E-state index in [0.717, 1.165) is 9.90 Å². The fraction of sp³-hybridized carbons (Fsp3) is 0.111. The number of nitrogens with zero attached hydrogens (tertiary/aromatic N) is 1. The zero-order valence-corrected chi connectivity index (χ0v) is 9.99. The molecule has 6 heteroatoms. The summed E-state index contributed by atoms with van der Waals surface area (Å²) >= 11 is 4.40. The predicted molar refractivity (Wildman–Crippen MR) is 63.0 cm³/mol. The van der Waals surface area contributed by atoms with E-state index in [-0.39, 0.29) is 0 Å². The molecule has 78 valence electrons. The first-order valence-electron chi connectivity index (χ1n) is 4.09. The molecule has 0 atom stereocenters. The van der Waals surface area contributed by atoms with Crippen LogP contribution in [0, 0.1) is 0 Å². The number of aromatic nitrogens is 1. The SMILES string of the molecule is O=C(O)c1sccc1CSc1nccs1. The minimum atomic E-state index is -0.847. The number of carboxylic acids is 1. The molecule has 0 aliphatic heterocycles. The van der Waals surface area contributed by atoms with Crippen LogP contribution in [0.4, 0.5) is 0 Å². The van der Waals surface area contributed by atoms with Gasteiger partial charge >= 0.3 is 5.97 Å². The van der Waals surface area contributed by atoms with Crippen LogP contribution in [0.15, 0.2) is 27.4 Å². The Kier molecular flexibility index (Phi) is 3.40. The first-order valence-corrected chi connectivity index (χ1v) is 6.84. The molecule has 0 aliphatic carbocycles. The van der Waals surface area contributed by atoms with Crippen molar-refractivity contribution in [1.82, 2.24) is 4.98 Å². The number of hydrogen-bond acceptors (Lipinski definition) is 5. The van der Waals surface area contributed by atoms with Gasteiger partial charge in [0.25, 0.3) is 0 Å². The quantitative estimate of drug-likeness (QED) is 0.855. The van der Waals surface area contributed by atoms with Crippen molar-refractivity contribution in [3.8, 4) is 0 Å². The second-order valence-electron chi connectivity index (χ2n) is 2.67. The molecule has 1 N–H and O–H groups in total. The van der Waals surface area contributed by atoms with Crippen molar-refractivity contribution in [3.63, 3.8) is 0 Å². The van der Waals surface area contributed by atoms with E-state index in [2.05, 4.69) is 4.98 Å². The van der Waals surface area contributed by atoms with E-state index in [9.17, 15) is 4.79 Å². The molecule has 0 saturated heterocycles. The van der Waals surface area contributed by atoms with Gasteiger partial charge in [-0.3, -0.25) is 0 Å². The van der Waals surface area contributed by atoms with Gasteiger partial charge in [-0.1, -0.05) is 11.8 Å². The summed E-state index contributed by atoms with van der Waals surface area (Å²) in [6.45, 7) is 0. The average Bonchev–Trinajstić information content (AvgIpc) is 2.86. The number of aromatic carboxylic acids is 1. The monoisotopic (exact) mass is 257 g/mol. The van der Waals surface area contributed by atoms with E-state index in [1.54, 1.807) is 34.7 Å². The van der Waals surface area contributed by atoms with Crippen molar-refractivity contribution < 1.29 is 9.90 Å². The molecule has 0 radical (unpaired) electrons. The fourth-order valence-electron chi connectivity index (χ4n) is 1.06. The summed E-state index contributed by atoms with van der Waals surface area (Å²) in [5.74, 6) is -0.182. The third kappa shape index (κ3) is 2.58. The van der Waals surface area contributed by atoms with Crippen LogP contribution in [0.2, 0.25) is 0 Å². The lowest BCUT2D eigenvalue weighted by atomic mass is 10.3. The Morgan fingerprint density at radius 1 is 1.47 bits per heavy atom. The Morgan fingerprint density at radius 2 is 2.33 bits per heavy atom. The molecule has 0 amide bonds. The summed E-state index contributed by atoms with van der Waals surface area (Å²) in [4.78, 5) is 15.4. The average molecular weight is 257 g/mol. The molecular formula is C9H7NO2S3. The summed E-state index contributed by atoms with van der Waals surface area (Å²) < 4.78 is 0.970. The van der Waals surface area contributed by atoms with E-state index in [1.165, 1.54) is 11.3 Å². The summed E-state index contributed by atoms with van der Waals surface area (Å²) in [5.41, 5.74) is 0.868. The number of thiophene rings is 1. The molecule has 0 aromatic carbocycles. The maximum atomic E-state index is 10.8. The fourth-order valence-corrected chi connectivity index (χ4v) is 3.54. The van der Waals surface area contributed by atoms with Crippen LogP contribution in [0.5, 0.6) is 0 Å². The van der Waals surface area contributed by atoms with Crippen LogP contribution in [0.1, 0.15) is 15.2 Å². The van der Waals surface area contributed by atoms with Gasteiger partial charge in [-0.05, 0) is 17.0 Å². The number of thiazole rings is 1. The Hall–Kier alpha value is -0.850. The molecular weight excluding hydrogens is 250 g/mol. The highest BCUT2D eigenvalue weighted by Gasteiger charge is 2.11. The standard InChI is InChI=1S/C9H7NO2S3/c11-8(12)7-6(1-3-13-7)5-15-9-10-2-4-14-9/h1-4H,5H2,(H,11,12). The van der Waals surface area contributed by atoms with Crippen LogP contribution in [-0.4, -0.2) is 16.1 Å². The molecule has 0 saturated carbocycles. The van der Waals surface area contributed by atoms with Crippen molar-refractivity contribution in [2.24, 2.45) is 0 Å². The summed E-state index contributed by atoms with van der Waals surface area (Å²) in [6, 6.07) is 1.86. The van der Waals surface area contributed by atoms with Gasteiger partial charge < -0.3 is 5.11 Å². The summed E-state index contributed by atoms with van der Waals surface area (Å²) in [7, 11) is 0. The van der Waals surface area contributed by atoms with Crippen molar-refractivity contribution in [2.45, 2.75) is 10.1 Å². The van der Waals surface area contributed by atoms with Crippen LogP contribution in [0.25, 0.3) is 0 Å². The molecule has 0 bridgehead atoms. The Balaban J connectivity index is 2.05. The van der Waals surface area contributed by atoms with E-state index >= 15 is 0 Å². The highest BCUT2D eigenvalue weighted by atomic mass is 32.2. The number of thioether (sulfide) groups is 1. The number of carboxylic acid groups (broad SMARTS) is 1. The van der Waals surface area contributed by atoms with E-state index in [4.69, 9.17) is 5.11 Å². The first kappa shape index (κ1) is 10.7. The Labute approximate surface area is 98.8 Å². The molecule has 0 fully saturated rings. The van der Waals surface area contributed by atoms with Crippen molar-refractivity contribution in [1.29, 1.82) is 0 Å². The largest absolute Gasteiger partial charge is 0.477 e. The number of hydrogen-bond donors (Lipinski definition) is 1. The molecule has 2 aromatic rings. The normalized spacial score (nSPS) is 10.4. The van der Waals surface area contributed by atoms with Gasteiger partial charge in [0.2, 0.25) is 0 Å². The van der Waals surface area contributed by atoms with Gasteiger partial charge in [-0.15, -0.1) is 22.7 Å². The van der Waals surface area contributed by atoms with Gasteiger partial charge in [0.1, 0.15) is 9.22 Å².